The average Bonchev–Trinajstić information content (AvgIpc) is 2.97. The molecule has 0 radical (unpaired) electrons. The van der Waals surface area contributed by atoms with Gasteiger partial charge in [0.05, 0.1) is 16.2 Å². The number of aryl methyl sites for hydroxylation is 1. The molecule has 0 saturated heterocycles. The SMILES string of the molecule is CCS(=O)(=O)c1cccnc1-c1nc2cc(C(F)(F)F)n(OC)c(=O)c2n1C. The topological polar surface area (TPSA) is 96.1 Å². The van der Waals surface area contributed by atoms with Crippen molar-refractivity contribution in [1.29, 1.82) is 0 Å². The maximum absolute atomic E-state index is 13.3. The van der Waals surface area contributed by atoms with Crippen LogP contribution >= 0.6 is 0 Å². The van der Waals surface area contributed by atoms with Crippen LogP contribution in [0.5, 0.6) is 0 Å². The van der Waals surface area contributed by atoms with Gasteiger partial charge in [-0.05, 0) is 18.2 Å². The number of fused-ring (bicyclic) bond motifs is 1. The molecule has 3 aromatic rings. The van der Waals surface area contributed by atoms with Crippen molar-refractivity contribution in [3.63, 3.8) is 0 Å². The molecule has 0 aliphatic carbocycles. The van der Waals surface area contributed by atoms with Crippen LogP contribution in [-0.4, -0.2) is 40.5 Å². The molecule has 8 nitrogen and oxygen atoms in total. The third kappa shape index (κ3) is 3.03. The quantitative estimate of drug-likeness (QED) is 0.642. The van der Waals surface area contributed by atoms with Crippen molar-refractivity contribution < 1.29 is 26.4 Å². The minimum atomic E-state index is -4.86. The zero-order valence-electron chi connectivity index (χ0n) is 15.0. The summed E-state index contributed by atoms with van der Waals surface area (Å²) in [6.07, 6.45) is -3.53. The normalized spacial score (nSPS) is 12.5. The second-order valence-electron chi connectivity index (χ2n) is 5.79. The minimum Gasteiger partial charge on any atom is -0.413 e. The first-order chi connectivity index (χ1) is 13.0. The van der Waals surface area contributed by atoms with E-state index in [-0.39, 0.29) is 37.9 Å². The molecule has 0 unspecified atom stereocenters. The molecule has 0 amide bonds. The Morgan fingerprint density at radius 1 is 1.29 bits per heavy atom. The largest absolute Gasteiger partial charge is 0.435 e. The van der Waals surface area contributed by atoms with Crippen molar-refractivity contribution in [1.82, 2.24) is 19.3 Å². The number of sulfone groups is 1. The van der Waals surface area contributed by atoms with Crippen molar-refractivity contribution in [2.75, 3.05) is 12.9 Å². The smallest absolute Gasteiger partial charge is 0.413 e. The van der Waals surface area contributed by atoms with Gasteiger partial charge in [-0.1, -0.05) is 6.92 Å². The molecule has 3 heterocycles. The number of pyridine rings is 2. The van der Waals surface area contributed by atoms with Crippen LogP contribution in [0.25, 0.3) is 22.6 Å². The van der Waals surface area contributed by atoms with Crippen LogP contribution in [0.3, 0.4) is 0 Å². The monoisotopic (exact) mass is 416 g/mol. The molecule has 0 bridgehead atoms. The fraction of sp³-hybridized carbons (Fsp3) is 0.312. The van der Waals surface area contributed by atoms with E-state index < -0.39 is 27.3 Å². The van der Waals surface area contributed by atoms with Gasteiger partial charge >= 0.3 is 11.7 Å². The maximum Gasteiger partial charge on any atom is 0.435 e. The van der Waals surface area contributed by atoms with Crippen LogP contribution in [0.1, 0.15) is 12.6 Å². The molecule has 3 aromatic heterocycles. The molecule has 3 rings (SSSR count). The van der Waals surface area contributed by atoms with Crippen molar-refractivity contribution in [3.05, 3.63) is 40.4 Å². The van der Waals surface area contributed by atoms with E-state index in [1.54, 1.807) is 0 Å². The molecule has 0 aromatic carbocycles. The van der Waals surface area contributed by atoms with Gasteiger partial charge in [-0.3, -0.25) is 9.78 Å². The summed E-state index contributed by atoms with van der Waals surface area (Å²) in [7, 11) is -1.37. The Kier molecular flexibility index (Phi) is 4.69. The number of rotatable bonds is 4. The summed E-state index contributed by atoms with van der Waals surface area (Å²) in [6.45, 7) is 1.45. The van der Waals surface area contributed by atoms with Gasteiger partial charge in [0.2, 0.25) is 0 Å². The van der Waals surface area contributed by atoms with Gasteiger partial charge in [0, 0.05) is 13.2 Å². The minimum absolute atomic E-state index is 0.0540. The van der Waals surface area contributed by atoms with Crippen LogP contribution < -0.4 is 10.4 Å². The summed E-state index contributed by atoms with van der Waals surface area (Å²) >= 11 is 0. The number of imidazole rings is 1. The number of aromatic nitrogens is 4. The fourth-order valence-corrected chi connectivity index (χ4v) is 3.86. The Hall–Kier alpha value is -2.89. The van der Waals surface area contributed by atoms with E-state index >= 15 is 0 Å². The van der Waals surface area contributed by atoms with Gasteiger partial charge in [0.1, 0.15) is 18.3 Å². The molecule has 28 heavy (non-hydrogen) atoms. The van der Waals surface area contributed by atoms with Crippen LogP contribution in [0, 0.1) is 0 Å². The van der Waals surface area contributed by atoms with Crippen molar-refractivity contribution in [3.8, 4) is 11.5 Å². The van der Waals surface area contributed by atoms with E-state index in [9.17, 15) is 26.4 Å². The molecule has 0 atom stereocenters. The van der Waals surface area contributed by atoms with Crippen LogP contribution in [0.15, 0.2) is 34.1 Å². The molecular weight excluding hydrogens is 401 g/mol. The first-order valence-corrected chi connectivity index (χ1v) is 9.60. The van der Waals surface area contributed by atoms with E-state index in [2.05, 4.69) is 14.8 Å². The lowest BCUT2D eigenvalue weighted by molar-refractivity contribution is -0.151. The third-order valence-electron chi connectivity index (χ3n) is 4.17. The summed E-state index contributed by atoms with van der Waals surface area (Å²) in [5.41, 5.74) is -2.91. The molecule has 0 aliphatic rings. The van der Waals surface area contributed by atoms with Crippen LogP contribution in [0.4, 0.5) is 13.2 Å². The van der Waals surface area contributed by atoms with Crippen LogP contribution in [0.2, 0.25) is 0 Å². The van der Waals surface area contributed by atoms with Crippen LogP contribution in [-0.2, 0) is 23.1 Å². The molecule has 0 spiro atoms. The van der Waals surface area contributed by atoms with Gasteiger partial charge < -0.3 is 9.40 Å². The van der Waals surface area contributed by atoms with Gasteiger partial charge in [-0.25, -0.2) is 13.4 Å². The molecular formula is C16H15F3N4O4S. The Labute approximate surface area is 157 Å². The molecule has 0 aliphatic heterocycles. The molecule has 0 fully saturated rings. The molecule has 12 heteroatoms. The highest BCUT2D eigenvalue weighted by Crippen LogP contribution is 2.32. The predicted molar refractivity (Wildman–Crippen MR) is 93.4 cm³/mol. The second kappa shape index (κ2) is 6.62. The summed E-state index contributed by atoms with van der Waals surface area (Å²) in [5, 5.41) is 0. The number of nitrogens with zero attached hydrogens (tertiary/aromatic N) is 4. The highest BCUT2D eigenvalue weighted by Gasteiger charge is 2.37. The summed E-state index contributed by atoms with van der Waals surface area (Å²) in [6, 6.07) is 3.42. The van der Waals surface area contributed by atoms with Crippen molar-refractivity contribution in [2.45, 2.75) is 18.0 Å². The number of alkyl halides is 3. The highest BCUT2D eigenvalue weighted by molar-refractivity contribution is 7.91. The first-order valence-electron chi connectivity index (χ1n) is 7.95. The molecule has 0 N–H and O–H groups in total. The van der Waals surface area contributed by atoms with E-state index in [0.29, 0.717) is 6.07 Å². The Morgan fingerprint density at radius 3 is 2.54 bits per heavy atom. The molecule has 0 saturated carbocycles. The Morgan fingerprint density at radius 2 is 1.96 bits per heavy atom. The first kappa shape index (κ1) is 19.9. The number of hydrogen-bond donors (Lipinski definition) is 0. The third-order valence-corrected chi connectivity index (χ3v) is 5.93. The molecule has 150 valence electrons. The Balaban J connectivity index is 2.41. The summed E-state index contributed by atoms with van der Waals surface area (Å²) in [4.78, 5) is 25.2. The lowest BCUT2D eigenvalue weighted by Gasteiger charge is -2.13. The highest BCUT2D eigenvalue weighted by atomic mass is 32.2. The van der Waals surface area contributed by atoms with E-state index in [4.69, 9.17) is 0 Å². The lowest BCUT2D eigenvalue weighted by Crippen LogP contribution is -2.32. The van der Waals surface area contributed by atoms with E-state index in [1.165, 1.54) is 36.9 Å². The van der Waals surface area contributed by atoms with Gasteiger partial charge in [0.15, 0.2) is 21.4 Å². The van der Waals surface area contributed by atoms with Crippen molar-refractivity contribution >= 4 is 20.9 Å². The maximum atomic E-state index is 13.3. The zero-order chi connectivity index (χ0) is 20.9. The predicted octanol–water partition coefficient (Wildman–Crippen LogP) is 1.67. The van der Waals surface area contributed by atoms with Gasteiger partial charge in [-0.15, -0.1) is 4.73 Å². The van der Waals surface area contributed by atoms with Gasteiger partial charge in [0.25, 0.3) is 0 Å². The van der Waals surface area contributed by atoms with Gasteiger partial charge in [-0.2, -0.15) is 13.2 Å². The van der Waals surface area contributed by atoms with E-state index in [1.807, 2.05) is 0 Å². The van der Waals surface area contributed by atoms with Crippen molar-refractivity contribution in [2.24, 2.45) is 7.05 Å². The Bertz CT molecular complexity index is 1230. The number of halogens is 3. The second-order valence-corrected chi connectivity index (χ2v) is 8.04. The summed E-state index contributed by atoms with van der Waals surface area (Å²) < 4.78 is 65.9. The zero-order valence-corrected chi connectivity index (χ0v) is 15.8. The average molecular weight is 416 g/mol. The standard InChI is InChI=1S/C16H15F3N4O4S/c1-4-28(25,26)10-6-5-7-20-12(10)14-21-9-8-11(16(17,18)19)23(27-3)15(24)13(9)22(14)2/h5-8H,4H2,1-3H3. The van der Waals surface area contributed by atoms with E-state index in [0.717, 1.165) is 7.11 Å². The fourth-order valence-electron chi connectivity index (χ4n) is 2.82. The number of hydrogen-bond acceptors (Lipinski definition) is 6. The lowest BCUT2D eigenvalue weighted by atomic mass is 10.3. The summed E-state index contributed by atoms with van der Waals surface area (Å²) in [5.74, 6) is -0.258.